The molecule has 4 aromatic rings. The highest BCUT2D eigenvalue weighted by atomic mass is 19.4. The molecule has 0 fully saturated rings. The SMILES string of the molecule is O=C(Cn1cnc2c(oc3ccccc32)c1=O)Nc1ccc(C(F)(F)F)cc1. The Hall–Kier alpha value is -3.62. The molecule has 2 aromatic carbocycles. The number of nitrogens with zero attached hydrogens (tertiary/aromatic N) is 2. The number of anilines is 1. The first kappa shape index (κ1) is 17.8. The maximum atomic E-state index is 12.6. The molecule has 1 N–H and O–H groups in total. The minimum absolute atomic E-state index is 0.0334. The van der Waals surface area contributed by atoms with Crippen molar-refractivity contribution in [3.8, 4) is 0 Å². The van der Waals surface area contributed by atoms with E-state index in [2.05, 4.69) is 10.3 Å². The summed E-state index contributed by atoms with van der Waals surface area (Å²) in [7, 11) is 0. The third kappa shape index (κ3) is 3.22. The van der Waals surface area contributed by atoms with E-state index in [1.165, 1.54) is 6.33 Å². The highest BCUT2D eigenvalue weighted by Crippen LogP contribution is 2.29. The third-order valence-corrected chi connectivity index (χ3v) is 4.16. The average Bonchev–Trinajstić information content (AvgIpc) is 3.03. The summed E-state index contributed by atoms with van der Waals surface area (Å²) < 4.78 is 44.3. The summed E-state index contributed by atoms with van der Waals surface area (Å²) in [6.45, 7) is -0.361. The lowest BCUT2D eigenvalue weighted by molar-refractivity contribution is -0.137. The molecule has 0 unspecified atom stereocenters. The van der Waals surface area contributed by atoms with Crippen LogP contribution in [0.3, 0.4) is 0 Å². The monoisotopic (exact) mass is 387 g/mol. The molecule has 9 heteroatoms. The molecule has 0 bridgehead atoms. The molecule has 6 nitrogen and oxygen atoms in total. The quantitative estimate of drug-likeness (QED) is 0.580. The van der Waals surface area contributed by atoms with Gasteiger partial charge < -0.3 is 9.73 Å². The zero-order valence-electron chi connectivity index (χ0n) is 14.2. The van der Waals surface area contributed by atoms with Crippen molar-refractivity contribution in [2.24, 2.45) is 0 Å². The van der Waals surface area contributed by atoms with Crippen molar-refractivity contribution in [3.05, 3.63) is 70.8 Å². The Morgan fingerprint density at radius 2 is 1.82 bits per heavy atom. The molecule has 0 saturated carbocycles. The molecule has 2 aromatic heterocycles. The Morgan fingerprint density at radius 1 is 1.11 bits per heavy atom. The van der Waals surface area contributed by atoms with Gasteiger partial charge in [-0.2, -0.15) is 13.2 Å². The summed E-state index contributed by atoms with van der Waals surface area (Å²) in [5, 5.41) is 3.14. The predicted octanol–water partition coefficient (Wildman–Crippen LogP) is 3.80. The zero-order chi connectivity index (χ0) is 19.9. The number of amides is 1. The van der Waals surface area contributed by atoms with E-state index in [4.69, 9.17) is 4.42 Å². The van der Waals surface area contributed by atoms with Crippen molar-refractivity contribution in [3.63, 3.8) is 0 Å². The summed E-state index contributed by atoms with van der Waals surface area (Å²) in [5.74, 6) is -0.584. The minimum Gasteiger partial charge on any atom is -0.448 e. The van der Waals surface area contributed by atoms with E-state index in [0.29, 0.717) is 16.5 Å². The van der Waals surface area contributed by atoms with Crippen LogP contribution in [-0.2, 0) is 17.5 Å². The molecule has 0 saturated heterocycles. The van der Waals surface area contributed by atoms with E-state index in [1.54, 1.807) is 24.3 Å². The first-order valence-electron chi connectivity index (χ1n) is 8.17. The normalized spacial score (nSPS) is 11.8. The second-order valence-corrected chi connectivity index (χ2v) is 6.08. The largest absolute Gasteiger partial charge is 0.448 e. The Labute approximate surface area is 155 Å². The molecule has 0 spiro atoms. The summed E-state index contributed by atoms with van der Waals surface area (Å²) >= 11 is 0. The molecule has 1 amide bonds. The molecule has 2 heterocycles. The number of carbonyl (C=O) groups excluding carboxylic acids is 1. The van der Waals surface area contributed by atoms with Crippen molar-refractivity contribution in [2.75, 3.05) is 5.32 Å². The summed E-state index contributed by atoms with van der Waals surface area (Å²) in [4.78, 5) is 28.9. The van der Waals surface area contributed by atoms with Gasteiger partial charge in [0.15, 0.2) is 0 Å². The first-order valence-corrected chi connectivity index (χ1v) is 8.17. The van der Waals surface area contributed by atoms with Gasteiger partial charge in [0.25, 0.3) is 5.56 Å². The lowest BCUT2D eigenvalue weighted by atomic mass is 10.2. The summed E-state index contributed by atoms with van der Waals surface area (Å²) in [6.07, 6.45) is -3.22. The topological polar surface area (TPSA) is 77.1 Å². The van der Waals surface area contributed by atoms with Crippen molar-refractivity contribution < 1.29 is 22.4 Å². The lowest BCUT2D eigenvalue weighted by Gasteiger charge is -2.09. The molecule has 142 valence electrons. The number of nitrogens with one attached hydrogen (secondary N) is 1. The van der Waals surface area contributed by atoms with E-state index >= 15 is 0 Å². The van der Waals surface area contributed by atoms with Crippen LogP contribution in [0.5, 0.6) is 0 Å². The summed E-state index contributed by atoms with van der Waals surface area (Å²) in [5.41, 5.74) is -0.214. The van der Waals surface area contributed by atoms with Crippen LogP contribution in [0.15, 0.2) is 64.1 Å². The van der Waals surface area contributed by atoms with Crippen LogP contribution in [-0.4, -0.2) is 15.5 Å². The van der Waals surface area contributed by atoms with Crippen LogP contribution in [0, 0.1) is 0 Å². The number of benzene rings is 2. The maximum Gasteiger partial charge on any atom is 0.416 e. The molecular weight excluding hydrogens is 375 g/mol. The molecular formula is C19H12F3N3O3. The lowest BCUT2D eigenvalue weighted by Crippen LogP contribution is -2.27. The first-order chi connectivity index (χ1) is 13.3. The highest BCUT2D eigenvalue weighted by Gasteiger charge is 2.30. The van der Waals surface area contributed by atoms with Gasteiger partial charge in [0.1, 0.15) is 17.6 Å². The Bertz CT molecular complexity index is 1240. The van der Waals surface area contributed by atoms with E-state index in [1.807, 2.05) is 0 Å². The van der Waals surface area contributed by atoms with E-state index in [9.17, 15) is 22.8 Å². The Morgan fingerprint density at radius 3 is 2.54 bits per heavy atom. The number of aromatic nitrogens is 2. The molecule has 4 rings (SSSR count). The van der Waals surface area contributed by atoms with E-state index in [-0.39, 0.29) is 17.8 Å². The van der Waals surface area contributed by atoms with Crippen molar-refractivity contribution in [2.45, 2.75) is 12.7 Å². The van der Waals surface area contributed by atoms with Crippen molar-refractivity contribution >= 4 is 33.7 Å². The average molecular weight is 387 g/mol. The van der Waals surface area contributed by atoms with Crippen LogP contribution in [0.2, 0.25) is 0 Å². The smallest absolute Gasteiger partial charge is 0.416 e. The van der Waals surface area contributed by atoms with Gasteiger partial charge >= 0.3 is 6.18 Å². The number of fused-ring (bicyclic) bond motifs is 3. The Kier molecular flexibility index (Phi) is 4.14. The molecule has 0 aliphatic heterocycles. The maximum absolute atomic E-state index is 12.6. The molecule has 0 atom stereocenters. The highest BCUT2D eigenvalue weighted by molar-refractivity contribution is 6.01. The number of alkyl halides is 3. The molecule has 0 aliphatic carbocycles. The molecule has 0 radical (unpaired) electrons. The molecule has 28 heavy (non-hydrogen) atoms. The fraction of sp³-hybridized carbons (Fsp3) is 0.105. The minimum atomic E-state index is -4.45. The zero-order valence-corrected chi connectivity index (χ0v) is 14.2. The number of carbonyl (C=O) groups is 1. The van der Waals surface area contributed by atoms with Crippen LogP contribution < -0.4 is 10.9 Å². The van der Waals surface area contributed by atoms with Gasteiger partial charge in [-0.05, 0) is 36.4 Å². The van der Waals surface area contributed by atoms with E-state index < -0.39 is 23.2 Å². The second-order valence-electron chi connectivity index (χ2n) is 6.08. The van der Waals surface area contributed by atoms with Crippen LogP contribution in [0.4, 0.5) is 18.9 Å². The van der Waals surface area contributed by atoms with Crippen LogP contribution in [0.25, 0.3) is 22.1 Å². The molecule has 0 aliphatic rings. The van der Waals surface area contributed by atoms with Gasteiger partial charge in [0.05, 0.1) is 11.9 Å². The van der Waals surface area contributed by atoms with Gasteiger partial charge in [-0.1, -0.05) is 12.1 Å². The third-order valence-electron chi connectivity index (χ3n) is 4.16. The van der Waals surface area contributed by atoms with Crippen LogP contribution >= 0.6 is 0 Å². The van der Waals surface area contributed by atoms with Crippen molar-refractivity contribution in [1.82, 2.24) is 9.55 Å². The number of hydrogen-bond acceptors (Lipinski definition) is 4. The van der Waals surface area contributed by atoms with E-state index in [0.717, 1.165) is 28.8 Å². The van der Waals surface area contributed by atoms with Gasteiger partial charge in [0, 0.05) is 11.1 Å². The number of para-hydroxylation sites is 1. The fourth-order valence-electron chi connectivity index (χ4n) is 2.83. The second kappa shape index (κ2) is 6.52. The van der Waals surface area contributed by atoms with Gasteiger partial charge in [-0.3, -0.25) is 14.2 Å². The predicted molar refractivity (Wildman–Crippen MR) is 95.8 cm³/mol. The fourth-order valence-corrected chi connectivity index (χ4v) is 2.83. The number of furan rings is 1. The van der Waals surface area contributed by atoms with Gasteiger partial charge in [-0.25, -0.2) is 4.98 Å². The Balaban J connectivity index is 1.56. The van der Waals surface area contributed by atoms with Crippen molar-refractivity contribution in [1.29, 1.82) is 0 Å². The summed E-state index contributed by atoms with van der Waals surface area (Å²) in [6, 6.07) is 11.1. The van der Waals surface area contributed by atoms with Crippen LogP contribution in [0.1, 0.15) is 5.56 Å². The number of halogens is 3. The number of rotatable bonds is 3. The number of hydrogen-bond donors (Lipinski definition) is 1. The van der Waals surface area contributed by atoms with Gasteiger partial charge in [-0.15, -0.1) is 0 Å². The standard InChI is InChI=1S/C19H12F3N3O3/c20-19(21,22)11-5-7-12(8-6-11)24-15(26)9-25-10-23-16-13-3-1-2-4-14(13)28-17(16)18(25)27/h1-8,10H,9H2,(H,24,26). The van der Waals surface area contributed by atoms with Gasteiger partial charge in [0.2, 0.25) is 11.5 Å².